The van der Waals surface area contributed by atoms with Crippen LogP contribution in [0.3, 0.4) is 0 Å². The van der Waals surface area contributed by atoms with Crippen LogP contribution < -0.4 is 5.73 Å². The summed E-state index contributed by atoms with van der Waals surface area (Å²) in [6.45, 7) is 2.31. The van der Waals surface area contributed by atoms with Crippen molar-refractivity contribution in [3.05, 3.63) is 42.1 Å². The molecule has 1 fully saturated rings. The quantitative estimate of drug-likeness (QED) is 0.907. The number of hydrogen-bond donors (Lipinski definition) is 1. The standard InChI is InChI=1S/C19H26N2/c1-2-14-7-9-15(10-8-14)18(20)13-16-11-12-21-19-6-4-3-5-17(16)19/h3-6,11-12,14-15,18H,2,7-10,13,20H2,1H3. The van der Waals surface area contributed by atoms with Crippen molar-refractivity contribution in [2.75, 3.05) is 0 Å². The average Bonchev–Trinajstić information content (AvgIpc) is 2.55. The molecule has 0 bridgehead atoms. The molecule has 1 atom stereocenters. The Balaban J connectivity index is 1.70. The van der Waals surface area contributed by atoms with Crippen molar-refractivity contribution >= 4 is 10.9 Å². The van der Waals surface area contributed by atoms with Crippen molar-refractivity contribution in [3.63, 3.8) is 0 Å². The molecule has 2 heteroatoms. The van der Waals surface area contributed by atoms with Gasteiger partial charge in [0.1, 0.15) is 0 Å². The van der Waals surface area contributed by atoms with Gasteiger partial charge in [-0.05, 0) is 48.8 Å². The third kappa shape index (κ3) is 3.26. The predicted octanol–water partition coefficient (Wildman–Crippen LogP) is 4.32. The van der Waals surface area contributed by atoms with Gasteiger partial charge >= 0.3 is 0 Å². The lowest BCUT2D eigenvalue weighted by molar-refractivity contribution is 0.238. The number of pyridine rings is 1. The second kappa shape index (κ2) is 6.57. The molecule has 0 spiro atoms. The SMILES string of the molecule is CCC1CCC(C(N)Cc2ccnc3ccccc23)CC1. The normalized spacial score (nSPS) is 24.1. The topological polar surface area (TPSA) is 38.9 Å². The lowest BCUT2D eigenvalue weighted by Crippen LogP contribution is -2.35. The number of aromatic nitrogens is 1. The smallest absolute Gasteiger partial charge is 0.0704 e. The highest BCUT2D eigenvalue weighted by molar-refractivity contribution is 5.81. The molecule has 0 saturated heterocycles. The molecule has 2 nitrogen and oxygen atoms in total. The lowest BCUT2D eigenvalue weighted by atomic mass is 9.76. The first-order valence-electron chi connectivity index (χ1n) is 8.36. The molecule has 1 heterocycles. The van der Waals surface area contributed by atoms with Crippen molar-refractivity contribution in [2.45, 2.75) is 51.5 Å². The summed E-state index contributed by atoms with van der Waals surface area (Å²) in [5.74, 6) is 1.63. The number of benzene rings is 1. The molecule has 0 aliphatic heterocycles. The van der Waals surface area contributed by atoms with Crippen LogP contribution in [0.25, 0.3) is 10.9 Å². The second-order valence-electron chi connectivity index (χ2n) is 6.54. The van der Waals surface area contributed by atoms with Gasteiger partial charge in [0, 0.05) is 17.6 Å². The number of nitrogens with two attached hydrogens (primary N) is 1. The Morgan fingerprint density at radius 2 is 1.90 bits per heavy atom. The predicted molar refractivity (Wildman–Crippen MR) is 89.2 cm³/mol. The van der Waals surface area contributed by atoms with E-state index >= 15 is 0 Å². The Morgan fingerprint density at radius 3 is 2.67 bits per heavy atom. The van der Waals surface area contributed by atoms with Crippen molar-refractivity contribution < 1.29 is 0 Å². The zero-order chi connectivity index (χ0) is 14.7. The third-order valence-corrected chi connectivity index (χ3v) is 5.27. The zero-order valence-corrected chi connectivity index (χ0v) is 13.0. The average molecular weight is 282 g/mol. The molecule has 1 aliphatic rings. The highest BCUT2D eigenvalue weighted by Crippen LogP contribution is 2.33. The van der Waals surface area contributed by atoms with E-state index in [4.69, 9.17) is 5.73 Å². The monoisotopic (exact) mass is 282 g/mol. The second-order valence-corrected chi connectivity index (χ2v) is 6.54. The summed E-state index contributed by atoms with van der Waals surface area (Å²) in [7, 11) is 0. The third-order valence-electron chi connectivity index (χ3n) is 5.27. The number of hydrogen-bond acceptors (Lipinski definition) is 2. The first kappa shape index (κ1) is 14.5. The minimum atomic E-state index is 0.286. The van der Waals surface area contributed by atoms with E-state index in [1.165, 1.54) is 43.1 Å². The molecule has 21 heavy (non-hydrogen) atoms. The van der Waals surface area contributed by atoms with Gasteiger partial charge < -0.3 is 5.73 Å². The van der Waals surface area contributed by atoms with Crippen LogP contribution in [0.4, 0.5) is 0 Å². The summed E-state index contributed by atoms with van der Waals surface area (Å²) in [5, 5.41) is 1.26. The first-order valence-corrected chi connectivity index (χ1v) is 8.36. The van der Waals surface area contributed by atoms with Gasteiger partial charge in [-0.3, -0.25) is 4.98 Å². The summed E-state index contributed by atoms with van der Waals surface area (Å²) < 4.78 is 0. The maximum Gasteiger partial charge on any atom is 0.0704 e. The number of nitrogens with zero attached hydrogens (tertiary/aromatic N) is 1. The molecular formula is C19H26N2. The van der Waals surface area contributed by atoms with E-state index in [9.17, 15) is 0 Å². The van der Waals surface area contributed by atoms with Crippen molar-refractivity contribution in [1.29, 1.82) is 0 Å². The van der Waals surface area contributed by atoms with E-state index < -0.39 is 0 Å². The van der Waals surface area contributed by atoms with Gasteiger partial charge in [-0.1, -0.05) is 44.4 Å². The van der Waals surface area contributed by atoms with Gasteiger partial charge in [-0.2, -0.15) is 0 Å². The van der Waals surface area contributed by atoms with Gasteiger partial charge in [-0.15, -0.1) is 0 Å². The maximum atomic E-state index is 6.54. The molecule has 1 saturated carbocycles. The van der Waals surface area contributed by atoms with Crippen LogP contribution in [0.1, 0.15) is 44.6 Å². The van der Waals surface area contributed by atoms with Gasteiger partial charge in [-0.25, -0.2) is 0 Å². The summed E-state index contributed by atoms with van der Waals surface area (Å²) in [6.07, 6.45) is 9.57. The van der Waals surface area contributed by atoms with Gasteiger partial charge in [0.05, 0.1) is 5.52 Å². The Kier molecular flexibility index (Phi) is 4.54. The van der Waals surface area contributed by atoms with Crippen LogP contribution in [-0.4, -0.2) is 11.0 Å². The molecular weight excluding hydrogens is 256 g/mol. The molecule has 1 aromatic heterocycles. The van der Waals surface area contributed by atoms with Crippen LogP contribution in [0.15, 0.2) is 36.5 Å². The van der Waals surface area contributed by atoms with Crippen LogP contribution in [0.5, 0.6) is 0 Å². The fourth-order valence-corrected chi connectivity index (χ4v) is 3.78. The number of fused-ring (bicyclic) bond motifs is 1. The molecule has 112 valence electrons. The minimum Gasteiger partial charge on any atom is -0.327 e. The van der Waals surface area contributed by atoms with Gasteiger partial charge in [0.25, 0.3) is 0 Å². The minimum absolute atomic E-state index is 0.286. The Hall–Kier alpha value is -1.41. The van der Waals surface area contributed by atoms with Gasteiger partial charge in [0.2, 0.25) is 0 Å². The van der Waals surface area contributed by atoms with Crippen LogP contribution in [0.2, 0.25) is 0 Å². The summed E-state index contributed by atoms with van der Waals surface area (Å²) in [5.41, 5.74) is 8.97. The van der Waals surface area contributed by atoms with Gasteiger partial charge in [0.15, 0.2) is 0 Å². The maximum absolute atomic E-state index is 6.54. The zero-order valence-electron chi connectivity index (χ0n) is 13.0. The van der Waals surface area contributed by atoms with E-state index in [0.29, 0.717) is 5.92 Å². The first-order chi connectivity index (χ1) is 10.3. The number of para-hydroxylation sites is 1. The highest BCUT2D eigenvalue weighted by Gasteiger charge is 2.25. The van der Waals surface area contributed by atoms with Crippen LogP contribution in [0, 0.1) is 11.8 Å². The molecule has 0 amide bonds. The van der Waals surface area contributed by atoms with E-state index in [-0.39, 0.29) is 6.04 Å². The summed E-state index contributed by atoms with van der Waals surface area (Å²) in [6, 6.07) is 10.8. The Labute approximate surface area is 127 Å². The summed E-state index contributed by atoms with van der Waals surface area (Å²) >= 11 is 0. The fourth-order valence-electron chi connectivity index (χ4n) is 3.78. The van der Waals surface area contributed by atoms with Crippen LogP contribution in [-0.2, 0) is 6.42 Å². The molecule has 1 aromatic carbocycles. The Morgan fingerprint density at radius 1 is 1.14 bits per heavy atom. The molecule has 2 N–H and O–H groups in total. The lowest BCUT2D eigenvalue weighted by Gasteiger charge is -2.32. The van der Waals surface area contributed by atoms with E-state index in [1.54, 1.807) is 0 Å². The van der Waals surface area contributed by atoms with E-state index in [0.717, 1.165) is 17.9 Å². The highest BCUT2D eigenvalue weighted by atomic mass is 14.7. The van der Waals surface area contributed by atoms with E-state index in [2.05, 4.69) is 36.2 Å². The van der Waals surface area contributed by atoms with E-state index in [1.807, 2.05) is 12.3 Å². The van der Waals surface area contributed by atoms with Crippen molar-refractivity contribution in [2.24, 2.45) is 17.6 Å². The van der Waals surface area contributed by atoms with Crippen molar-refractivity contribution in [3.8, 4) is 0 Å². The molecule has 1 aliphatic carbocycles. The Bertz CT molecular complexity index is 580. The van der Waals surface area contributed by atoms with Crippen LogP contribution >= 0.6 is 0 Å². The molecule has 1 unspecified atom stereocenters. The molecule has 0 radical (unpaired) electrons. The largest absolute Gasteiger partial charge is 0.327 e. The fraction of sp³-hybridized carbons (Fsp3) is 0.526. The van der Waals surface area contributed by atoms with Crippen molar-refractivity contribution in [1.82, 2.24) is 4.98 Å². The number of rotatable bonds is 4. The molecule has 3 rings (SSSR count). The molecule has 2 aromatic rings. The summed E-state index contributed by atoms with van der Waals surface area (Å²) in [4.78, 5) is 4.44.